The van der Waals surface area contributed by atoms with Crippen LogP contribution in [0, 0.1) is 5.92 Å². The molecule has 0 radical (unpaired) electrons. The summed E-state index contributed by atoms with van der Waals surface area (Å²) in [6.07, 6.45) is 2.20. The van der Waals surface area contributed by atoms with Crippen LogP contribution in [0.15, 0.2) is 42.6 Å². The molecule has 0 aliphatic carbocycles. The number of piperidine rings is 3. The van der Waals surface area contributed by atoms with Crippen molar-refractivity contribution in [3.63, 3.8) is 0 Å². The summed E-state index contributed by atoms with van der Waals surface area (Å²) in [5.74, 6) is 0.345. The van der Waals surface area contributed by atoms with E-state index in [1.165, 1.54) is 0 Å². The Morgan fingerprint density at radius 2 is 1.82 bits per heavy atom. The smallest absolute Gasteiger partial charge is 0.166 e. The number of benzene rings is 1. The summed E-state index contributed by atoms with van der Waals surface area (Å²) in [6.45, 7) is 6.47. The maximum atomic E-state index is 11.2. The molecule has 1 aromatic carbocycles. The maximum Gasteiger partial charge on any atom is 0.166 e. The first-order chi connectivity index (χ1) is 8.07. The monoisotopic (exact) mass is 230 g/mol. The van der Waals surface area contributed by atoms with Crippen LogP contribution >= 0.6 is 0 Å². The molecule has 0 saturated carbocycles. The number of fused-ring (bicyclic) bond motifs is 3. The van der Waals surface area contributed by atoms with Gasteiger partial charge < -0.3 is 5.11 Å². The van der Waals surface area contributed by atoms with Crippen LogP contribution in [0.5, 0.6) is 0 Å². The van der Waals surface area contributed by atoms with Gasteiger partial charge in [-0.3, -0.25) is 4.48 Å². The van der Waals surface area contributed by atoms with E-state index in [0.717, 1.165) is 41.7 Å². The molecule has 3 aliphatic heterocycles. The Morgan fingerprint density at radius 3 is 2.41 bits per heavy atom. The van der Waals surface area contributed by atoms with Gasteiger partial charge in [-0.2, -0.15) is 0 Å². The van der Waals surface area contributed by atoms with Crippen molar-refractivity contribution >= 4 is 0 Å². The Hall–Kier alpha value is -1.12. The van der Waals surface area contributed by atoms with Crippen LogP contribution in [0.4, 0.5) is 0 Å². The topological polar surface area (TPSA) is 20.2 Å². The minimum atomic E-state index is -0.813. The van der Waals surface area contributed by atoms with Crippen molar-refractivity contribution < 1.29 is 9.59 Å². The first kappa shape index (κ1) is 11.0. The summed E-state index contributed by atoms with van der Waals surface area (Å²) in [7, 11) is 2.20. The fourth-order valence-electron chi connectivity index (χ4n) is 3.57. The Bertz CT molecular complexity index is 445. The van der Waals surface area contributed by atoms with Crippen LogP contribution in [-0.4, -0.2) is 29.7 Å². The fourth-order valence-corrected chi connectivity index (χ4v) is 3.57. The van der Waals surface area contributed by atoms with E-state index in [4.69, 9.17) is 0 Å². The number of hydrogen-bond donors (Lipinski definition) is 1. The number of aliphatic hydroxyl groups is 1. The van der Waals surface area contributed by atoms with E-state index >= 15 is 0 Å². The van der Waals surface area contributed by atoms with Crippen molar-refractivity contribution in [1.29, 1.82) is 0 Å². The fraction of sp³-hybridized carbons (Fsp3) is 0.467. The number of quaternary nitrogens is 1. The molecule has 3 aliphatic rings. The largest absolute Gasteiger partial charge is 0.375 e. The normalized spacial score (nSPS) is 40.6. The van der Waals surface area contributed by atoms with Gasteiger partial charge in [0.1, 0.15) is 5.70 Å². The lowest BCUT2D eigenvalue weighted by Crippen LogP contribution is -2.63. The van der Waals surface area contributed by atoms with Gasteiger partial charge in [0, 0.05) is 18.8 Å². The second-order valence-electron chi connectivity index (χ2n) is 5.70. The quantitative estimate of drug-likeness (QED) is 0.734. The third-order valence-electron chi connectivity index (χ3n) is 4.84. The Labute approximate surface area is 103 Å². The summed E-state index contributed by atoms with van der Waals surface area (Å²) >= 11 is 0. The number of nitrogens with zero attached hydrogens (tertiary/aromatic N) is 1. The van der Waals surface area contributed by atoms with Crippen LogP contribution in [0.1, 0.15) is 18.4 Å². The lowest BCUT2D eigenvalue weighted by atomic mass is 9.68. The van der Waals surface area contributed by atoms with Gasteiger partial charge in [-0.1, -0.05) is 30.3 Å². The van der Waals surface area contributed by atoms with Crippen molar-refractivity contribution in [2.24, 2.45) is 5.92 Å². The summed E-state index contributed by atoms with van der Waals surface area (Å²) < 4.78 is 0.835. The molecular weight excluding hydrogens is 210 g/mol. The molecule has 2 nitrogen and oxygen atoms in total. The van der Waals surface area contributed by atoms with E-state index in [1.54, 1.807) is 0 Å². The minimum absolute atomic E-state index is 0.345. The molecule has 1 aromatic rings. The van der Waals surface area contributed by atoms with Crippen LogP contribution < -0.4 is 0 Å². The molecule has 2 bridgehead atoms. The molecule has 3 heterocycles. The number of likely N-dealkylation sites (N-methyl/N-ethyl adjacent to an activating group) is 1. The molecular formula is C15H20NO+. The van der Waals surface area contributed by atoms with E-state index in [1.807, 2.05) is 30.3 Å². The average molecular weight is 230 g/mol. The van der Waals surface area contributed by atoms with Crippen molar-refractivity contribution in [3.8, 4) is 0 Å². The second kappa shape index (κ2) is 3.44. The van der Waals surface area contributed by atoms with Crippen molar-refractivity contribution in [2.45, 2.75) is 18.4 Å². The molecule has 1 atom stereocenters. The van der Waals surface area contributed by atoms with E-state index in [9.17, 15) is 5.11 Å². The molecule has 0 aromatic heterocycles. The number of rotatable bonds is 1. The highest BCUT2D eigenvalue weighted by Crippen LogP contribution is 2.51. The Kier molecular flexibility index (Phi) is 2.22. The molecule has 0 unspecified atom stereocenters. The molecule has 3 saturated heterocycles. The van der Waals surface area contributed by atoms with Crippen molar-refractivity contribution in [3.05, 3.63) is 48.2 Å². The Morgan fingerprint density at radius 1 is 1.24 bits per heavy atom. The van der Waals surface area contributed by atoms with Gasteiger partial charge in [0.25, 0.3) is 0 Å². The lowest BCUT2D eigenvalue weighted by Gasteiger charge is -2.55. The predicted octanol–water partition coefficient (Wildman–Crippen LogP) is 2.26. The zero-order valence-corrected chi connectivity index (χ0v) is 10.4. The second-order valence-corrected chi connectivity index (χ2v) is 5.70. The van der Waals surface area contributed by atoms with E-state index in [-0.39, 0.29) is 0 Å². The lowest BCUT2D eigenvalue weighted by molar-refractivity contribution is -0.896. The highest BCUT2D eigenvalue weighted by atomic mass is 16.3. The highest BCUT2D eigenvalue weighted by Gasteiger charge is 2.57. The van der Waals surface area contributed by atoms with E-state index in [2.05, 4.69) is 13.6 Å². The van der Waals surface area contributed by atoms with E-state index in [0.29, 0.717) is 5.92 Å². The average Bonchev–Trinajstić information content (AvgIpc) is 2.37. The van der Waals surface area contributed by atoms with E-state index < -0.39 is 5.60 Å². The van der Waals surface area contributed by atoms with Crippen LogP contribution in [0.3, 0.4) is 0 Å². The SMILES string of the molecule is C=C1[C@](O)(c2ccccc2)C2CC[N+]1(C)CC2. The summed E-state index contributed by atoms with van der Waals surface area (Å²) in [5.41, 5.74) is 1.18. The van der Waals surface area contributed by atoms with Crippen molar-refractivity contribution in [2.75, 3.05) is 20.1 Å². The first-order valence-electron chi connectivity index (χ1n) is 6.40. The summed E-state index contributed by atoms with van der Waals surface area (Å²) in [6, 6.07) is 10.0. The summed E-state index contributed by atoms with van der Waals surface area (Å²) in [5, 5.41) is 11.2. The molecule has 17 heavy (non-hydrogen) atoms. The summed E-state index contributed by atoms with van der Waals surface area (Å²) in [4.78, 5) is 0. The van der Waals surface area contributed by atoms with Crippen LogP contribution in [-0.2, 0) is 5.60 Å². The van der Waals surface area contributed by atoms with Gasteiger partial charge in [0.15, 0.2) is 5.60 Å². The third-order valence-corrected chi connectivity index (χ3v) is 4.84. The highest BCUT2D eigenvalue weighted by molar-refractivity contribution is 5.32. The third kappa shape index (κ3) is 1.34. The van der Waals surface area contributed by atoms with Crippen molar-refractivity contribution in [1.82, 2.24) is 0 Å². The van der Waals surface area contributed by atoms with Gasteiger partial charge in [0.2, 0.25) is 0 Å². The van der Waals surface area contributed by atoms with Gasteiger partial charge in [-0.05, 0) is 12.1 Å². The Balaban J connectivity index is 2.11. The molecule has 4 rings (SSSR count). The molecule has 3 fully saturated rings. The molecule has 2 heteroatoms. The molecule has 1 N–H and O–H groups in total. The van der Waals surface area contributed by atoms with Crippen LogP contribution in [0.2, 0.25) is 0 Å². The standard InChI is InChI=1S/C15H20NO/c1-12-15(17,13-6-4-3-5-7-13)14-8-10-16(12,2)11-9-14/h3-7,14,17H,1,8-11H2,2H3/q+1/t14?,15-,16?/m0/s1. The maximum absolute atomic E-state index is 11.2. The molecule has 0 spiro atoms. The van der Waals surface area contributed by atoms with Crippen LogP contribution in [0.25, 0.3) is 0 Å². The molecule has 0 amide bonds. The van der Waals surface area contributed by atoms with Gasteiger partial charge >= 0.3 is 0 Å². The minimum Gasteiger partial charge on any atom is -0.375 e. The van der Waals surface area contributed by atoms with Gasteiger partial charge in [-0.25, -0.2) is 0 Å². The molecule has 90 valence electrons. The zero-order chi connectivity index (χ0) is 12.1. The predicted molar refractivity (Wildman–Crippen MR) is 68.1 cm³/mol. The number of hydrogen-bond acceptors (Lipinski definition) is 1. The first-order valence-corrected chi connectivity index (χ1v) is 6.40. The zero-order valence-electron chi connectivity index (χ0n) is 10.4. The van der Waals surface area contributed by atoms with Gasteiger partial charge in [0.05, 0.1) is 20.1 Å². The van der Waals surface area contributed by atoms with Gasteiger partial charge in [-0.15, -0.1) is 0 Å².